The molecule has 2 aromatic rings. The summed E-state index contributed by atoms with van der Waals surface area (Å²) in [7, 11) is 0. The van der Waals surface area contributed by atoms with Crippen molar-refractivity contribution in [2.45, 2.75) is 12.5 Å². The highest BCUT2D eigenvalue weighted by Crippen LogP contribution is 2.32. The third kappa shape index (κ3) is 3.00. The Morgan fingerprint density at radius 1 is 1.10 bits per heavy atom. The molecule has 0 amide bonds. The van der Waals surface area contributed by atoms with E-state index in [4.69, 9.17) is 11.6 Å². The lowest BCUT2D eigenvalue weighted by Crippen LogP contribution is -2.07. The lowest BCUT2D eigenvalue weighted by Gasteiger charge is -2.14. The minimum Gasteiger partial charge on any atom is -0.388 e. The van der Waals surface area contributed by atoms with Gasteiger partial charge in [0.25, 0.3) is 0 Å². The lowest BCUT2D eigenvalue weighted by molar-refractivity contribution is 0.172. The van der Waals surface area contributed by atoms with Crippen LogP contribution < -0.4 is 0 Å². The molecule has 0 aliphatic rings. The molecule has 2 aromatic carbocycles. The molecule has 1 N–H and O–H groups in total. The van der Waals surface area contributed by atoms with Crippen molar-refractivity contribution in [2.75, 3.05) is 0 Å². The zero-order valence-electron chi connectivity index (χ0n) is 10.0. The van der Waals surface area contributed by atoms with Crippen LogP contribution in [-0.2, 0) is 6.42 Å². The highest BCUT2D eigenvalue weighted by Gasteiger charge is 2.19. The molecule has 0 radical (unpaired) electrons. The van der Waals surface area contributed by atoms with Gasteiger partial charge in [-0.1, -0.05) is 29.8 Å². The Morgan fingerprint density at radius 3 is 2.50 bits per heavy atom. The lowest BCUT2D eigenvalue weighted by atomic mass is 10.0. The van der Waals surface area contributed by atoms with Crippen LogP contribution in [0.2, 0.25) is 5.02 Å². The number of aliphatic hydroxyl groups excluding tert-OH is 1. The molecule has 2 rings (SSSR count). The summed E-state index contributed by atoms with van der Waals surface area (Å²) < 4.78 is 40.8. The van der Waals surface area contributed by atoms with E-state index in [9.17, 15) is 18.3 Å². The Kier molecular flexibility index (Phi) is 4.73. The van der Waals surface area contributed by atoms with Crippen LogP contribution in [0.4, 0.5) is 13.2 Å². The molecule has 0 spiro atoms. The average Bonchev–Trinajstić information content (AvgIpc) is 2.41. The molecule has 1 nitrogen and oxygen atoms in total. The Labute approximate surface area is 127 Å². The molecule has 1 atom stereocenters. The molecule has 0 bridgehead atoms. The van der Waals surface area contributed by atoms with Crippen molar-refractivity contribution in [3.8, 4) is 0 Å². The van der Waals surface area contributed by atoms with Gasteiger partial charge in [-0.05, 0) is 33.6 Å². The number of aliphatic hydroxyl groups is 1. The summed E-state index contributed by atoms with van der Waals surface area (Å²) in [5, 5.41) is 9.82. The molecular formula is C14H9BrClF3O. The van der Waals surface area contributed by atoms with E-state index in [1.54, 1.807) is 0 Å². The van der Waals surface area contributed by atoms with Crippen LogP contribution in [0.25, 0.3) is 0 Å². The van der Waals surface area contributed by atoms with Gasteiger partial charge in [-0.15, -0.1) is 0 Å². The summed E-state index contributed by atoms with van der Waals surface area (Å²) in [6.45, 7) is 0. The third-order valence-electron chi connectivity index (χ3n) is 2.87. The molecule has 106 valence electrons. The van der Waals surface area contributed by atoms with Gasteiger partial charge >= 0.3 is 0 Å². The zero-order valence-corrected chi connectivity index (χ0v) is 12.4. The Hall–Kier alpha value is -1.04. The predicted molar refractivity (Wildman–Crippen MR) is 74.1 cm³/mol. The molecular weight excluding hydrogens is 357 g/mol. The van der Waals surface area contributed by atoms with E-state index in [-0.39, 0.29) is 22.6 Å². The van der Waals surface area contributed by atoms with E-state index >= 15 is 0 Å². The topological polar surface area (TPSA) is 20.2 Å². The van der Waals surface area contributed by atoms with Crippen molar-refractivity contribution in [1.82, 2.24) is 0 Å². The molecule has 0 aromatic heterocycles. The first kappa shape index (κ1) is 15.4. The Balaban J connectivity index is 2.31. The first-order chi connectivity index (χ1) is 9.41. The van der Waals surface area contributed by atoms with Crippen molar-refractivity contribution in [2.24, 2.45) is 0 Å². The summed E-state index contributed by atoms with van der Waals surface area (Å²) >= 11 is 8.77. The van der Waals surface area contributed by atoms with Crippen molar-refractivity contribution in [3.05, 3.63) is 68.4 Å². The molecule has 0 fully saturated rings. The number of benzene rings is 2. The minimum absolute atomic E-state index is 0.0315. The zero-order chi connectivity index (χ0) is 14.9. The van der Waals surface area contributed by atoms with Gasteiger partial charge in [-0.3, -0.25) is 0 Å². The second-order valence-corrected chi connectivity index (χ2v) is 5.43. The fourth-order valence-electron chi connectivity index (χ4n) is 1.82. The Bertz CT molecular complexity index is 649. The van der Waals surface area contributed by atoms with Crippen LogP contribution >= 0.6 is 27.5 Å². The quantitative estimate of drug-likeness (QED) is 0.775. The van der Waals surface area contributed by atoms with E-state index in [0.717, 1.165) is 6.07 Å². The number of halogens is 5. The fraction of sp³-hybridized carbons (Fsp3) is 0.143. The highest BCUT2D eigenvalue weighted by atomic mass is 79.9. The van der Waals surface area contributed by atoms with Crippen molar-refractivity contribution >= 4 is 27.5 Å². The fourth-order valence-corrected chi connectivity index (χ4v) is 2.30. The molecule has 0 saturated heterocycles. The van der Waals surface area contributed by atoms with Gasteiger partial charge in [0.05, 0.1) is 11.1 Å². The molecule has 20 heavy (non-hydrogen) atoms. The van der Waals surface area contributed by atoms with Crippen LogP contribution in [-0.4, -0.2) is 5.11 Å². The largest absolute Gasteiger partial charge is 0.388 e. The van der Waals surface area contributed by atoms with Gasteiger partial charge < -0.3 is 5.11 Å². The molecule has 6 heteroatoms. The van der Waals surface area contributed by atoms with Crippen molar-refractivity contribution in [1.29, 1.82) is 0 Å². The molecule has 0 aliphatic carbocycles. The number of hydrogen-bond donors (Lipinski definition) is 1. The van der Waals surface area contributed by atoms with Crippen LogP contribution in [0.1, 0.15) is 17.2 Å². The predicted octanol–water partition coefficient (Wildman–Crippen LogP) is 4.80. The third-order valence-corrected chi connectivity index (χ3v) is 4.13. The average molecular weight is 366 g/mol. The maximum absolute atomic E-state index is 13.9. The first-order valence-electron chi connectivity index (χ1n) is 5.66. The Morgan fingerprint density at radius 2 is 1.80 bits per heavy atom. The van der Waals surface area contributed by atoms with E-state index in [1.165, 1.54) is 24.3 Å². The SMILES string of the molecule is OC(Cc1cccc(F)c1F)c1ccc(Br)c(Cl)c1F. The van der Waals surface area contributed by atoms with Crippen LogP contribution in [0.15, 0.2) is 34.8 Å². The van der Waals surface area contributed by atoms with E-state index < -0.39 is 23.6 Å². The molecule has 1 unspecified atom stereocenters. The molecule has 0 aliphatic heterocycles. The summed E-state index contributed by atoms with van der Waals surface area (Å²) in [4.78, 5) is 0. The second kappa shape index (κ2) is 6.16. The maximum atomic E-state index is 13.9. The number of rotatable bonds is 3. The molecule has 0 heterocycles. The van der Waals surface area contributed by atoms with E-state index in [0.29, 0.717) is 4.47 Å². The van der Waals surface area contributed by atoms with E-state index in [2.05, 4.69) is 15.9 Å². The summed E-state index contributed by atoms with van der Waals surface area (Å²) in [6, 6.07) is 6.45. The van der Waals surface area contributed by atoms with Crippen LogP contribution in [0.5, 0.6) is 0 Å². The smallest absolute Gasteiger partial charge is 0.162 e. The minimum atomic E-state index is -1.32. The van der Waals surface area contributed by atoms with E-state index in [1.807, 2.05) is 0 Å². The van der Waals surface area contributed by atoms with Gasteiger partial charge in [0.1, 0.15) is 5.82 Å². The molecule has 0 saturated carbocycles. The highest BCUT2D eigenvalue weighted by molar-refractivity contribution is 9.10. The first-order valence-corrected chi connectivity index (χ1v) is 6.83. The van der Waals surface area contributed by atoms with Crippen LogP contribution in [0, 0.1) is 17.5 Å². The summed E-state index contributed by atoms with van der Waals surface area (Å²) in [5.41, 5.74) is -0.0993. The van der Waals surface area contributed by atoms with Crippen LogP contribution in [0.3, 0.4) is 0 Å². The standard InChI is InChI=1S/C14H9BrClF3O/c15-9-5-4-8(14(19)12(9)16)11(20)6-7-2-1-3-10(17)13(7)18/h1-5,11,20H,6H2. The van der Waals surface area contributed by atoms with Gasteiger partial charge in [-0.2, -0.15) is 0 Å². The summed E-state index contributed by atoms with van der Waals surface area (Å²) in [6.07, 6.45) is -1.57. The van der Waals surface area contributed by atoms with Gasteiger partial charge in [0.2, 0.25) is 0 Å². The second-order valence-electron chi connectivity index (χ2n) is 4.20. The number of hydrogen-bond acceptors (Lipinski definition) is 1. The van der Waals surface area contributed by atoms with Crippen molar-refractivity contribution < 1.29 is 18.3 Å². The normalized spacial score (nSPS) is 12.5. The van der Waals surface area contributed by atoms with Gasteiger partial charge in [0.15, 0.2) is 11.6 Å². The van der Waals surface area contributed by atoms with Crippen molar-refractivity contribution in [3.63, 3.8) is 0 Å². The monoisotopic (exact) mass is 364 g/mol. The van der Waals surface area contributed by atoms with Gasteiger partial charge in [0, 0.05) is 16.5 Å². The summed E-state index contributed by atoms with van der Waals surface area (Å²) in [5.74, 6) is -2.84. The maximum Gasteiger partial charge on any atom is 0.162 e. The van der Waals surface area contributed by atoms with Gasteiger partial charge in [-0.25, -0.2) is 13.2 Å².